The van der Waals surface area contributed by atoms with Crippen LogP contribution in [0.1, 0.15) is 10.4 Å². The molecule has 0 saturated heterocycles. The van der Waals surface area contributed by atoms with Crippen LogP contribution in [0.3, 0.4) is 0 Å². The van der Waals surface area contributed by atoms with Gasteiger partial charge in [-0.2, -0.15) is 5.48 Å². The fourth-order valence-corrected chi connectivity index (χ4v) is 1.67. The summed E-state index contributed by atoms with van der Waals surface area (Å²) < 4.78 is 22.4. The molecule has 0 bridgehead atoms. The van der Waals surface area contributed by atoms with Gasteiger partial charge in [-0.1, -0.05) is 6.07 Å². The normalized spacial score (nSPS) is 11.1. The Morgan fingerprint density at radius 2 is 2.07 bits per heavy atom. The predicted octanol–water partition coefficient (Wildman–Crippen LogP) is 0.381. The van der Waals surface area contributed by atoms with Gasteiger partial charge in [-0.05, 0) is 18.2 Å². The summed E-state index contributed by atoms with van der Waals surface area (Å²) in [4.78, 5) is 15.8. The van der Waals surface area contributed by atoms with E-state index in [1.54, 1.807) is 0 Å². The van der Waals surface area contributed by atoms with E-state index in [1.165, 1.54) is 31.3 Å². The van der Waals surface area contributed by atoms with Gasteiger partial charge in [-0.25, -0.2) is 13.2 Å². The molecule has 1 aromatic carbocycles. The summed E-state index contributed by atoms with van der Waals surface area (Å²) in [6.45, 7) is 0. The fraction of sp³-hybridized carbons (Fsp3) is 0.222. The van der Waals surface area contributed by atoms with Gasteiger partial charge in [0.25, 0.3) is 0 Å². The van der Waals surface area contributed by atoms with Crippen molar-refractivity contribution >= 4 is 15.8 Å². The Hall–Kier alpha value is -1.40. The van der Waals surface area contributed by atoms with Gasteiger partial charge in [0.05, 0.1) is 10.5 Å². The van der Waals surface area contributed by atoms with Gasteiger partial charge in [0.1, 0.15) is 0 Å². The van der Waals surface area contributed by atoms with E-state index in [9.17, 15) is 13.2 Å². The first-order valence-electron chi connectivity index (χ1n) is 4.13. The van der Waals surface area contributed by atoms with E-state index in [-0.39, 0.29) is 10.5 Å². The van der Waals surface area contributed by atoms with Crippen molar-refractivity contribution in [2.45, 2.75) is 4.90 Å². The van der Waals surface area contributed by atoms with Gasteiger partial charge in [-0.15, -0.1) is 0 Å². The molecule has 0 radical (unpaired) electrons. The lowest BCUT2D eigenvalue weighted by Gasteiger charge is -2.03. The molecule has 0 unspecified atom stereocenters. The summed E-state index contributed by atoms with van der Waals surface area (Å²) in [7, 11) is -1.86. The lowest BCUT2D eigenvalue weighted by Crippen LogP contribution is -2.15. The van der Waals surface area contributed by atoms with E-state index in [0.717, 1.165) is 6.26 Å². The molecule has 0 aromatic heterocycles. The van der Waals surface area contributed by atoms with Crippen LogP contribution in [0.4, 0.5) is 0 Å². The number of hydrogen-bond acceptors (Lipinski definition) is 5. The second-order valence-electron chi connectivity index (χ2n) is 2.89. The molecule has 0 amide bonds. The van der Waals surface area contributed by atoms with Crippen LogP contribution in [0, 0.1) is 0 Å². The summed E-state index contributed by atoms with van der Waals surface area (Å²) in [6, 6.07) is 5.66. The Balaban J connectivity index is 3.09. The molecule has 0 spiro atoms. The number of nitrogens with one attached hydrogen (secondary N) is 1. The van der Waals surface area contributed by atoms with Gasteiger partial charge in [0.2, 0.25) is 0 Å². The maximum absolute atomic E-state index is 11.2. The quantitative estimate of drug-likeness (QED) is 0.759. The molecule has 0 atom stereocenters. The van der Waals surface area contributed by atoms with Crippen molar-refractivity contribution in [1.29, 1.82) is 0 Å². The maximum atomic E-state index is 11.2. The Labute approximate surface area is 87.9 Å². The standard InChI is InChI=1S/C9H11NO4S/c1-10-14-9(11)7-4-3-5-8(6-7)15(2,12)13/h3-6,10H,1-2H3. The highest BCUT2D eigenvalue weighted by Gasteiger charge is 2.12. The summed E-state index contributed by atoms with van der Waals surface area (Å²) >= 11 is 0. The predicted molar refractivity (Wildman–Crippen MR) is 54.0 cm³/mol. The van der Waals surface area contributed by atoms with Crippen molar-refractivity contribution in [1.82, 2.24) is 5.48 Å². The van der Waals surface area contributed by atoms with Crippen LogP contribution < -0.4 is 5.48 Å². The van der Waals surface area contributed by atoms with Gasteiger partial charge in [0.15, 0.2) is 9.84 Å². The lowest BCUT2D eigenvalue weighted by atomic mass is 10.2. The smallest absolute Gasteiger partial charge is 0.356 e. The molecule has 1 aromatic rings. The van der Waals surface area contributed by atoms with Crippen molar-refractivity contribution in [2.75, 3.05) is 13.3 Å². The Morgan fingerprint density at radius 1 is 1.40 bits per heavy atom. The van der Waals surface area contributed by atoms with Gasteiger partial charge in [0, 0.05) is 13.3 Å². The van der Waals surface area contributed by atoms with Crippen LogP contribution in [-0.4, -0.2) is 27.7 Å². The molecule has 1 N–H and O–H groups in total. The first kappa shape index (κ1) is 11.7. The molecular formula is C9H11NO4S. The number of carbonyl (C=O) groups is 1. The Kier molecular flexibility index (Phi) is 3.43. The van der Waals surface area contributed by atoms with Crippen LogP contribution in [0.25, 0.3) is 0 Å². The first-order chi connectivity index (χ1) is 6.95. The molecule has 0 aliphatic rings. The van der Waals surface area contributed by atoms with Gasteiger partial charge in [-0.3, -0.25) is 0 Å². The molecule has 5 nitrogen and oxygen atoms in total. The zero-order valence-corrected chi connectivity index (χ0v) is 9.17. The summed E-state index contributed by atoms with van der Waals surface area (Å²) in [6.07, 6.45) is 1.08. The van der Waals surface area contributed by atoms with Crippen LogP contribution in [0.5, 0.6) is 0 Å². The average molecular weight is 229 g/mol. The third-order valence-corrected chi connectivity index (χ3v) is 2.80. The summed E-state index contributed by atoms with van der Waals surface area (Å²) in [5, 5.41) is 0. The number of rotatable bonds is 3. The van der Waals surface area contributed by atoms with E-state index in [0.29, 0.717) is 0 Å². The van der Waals surface area contributed by atoms with Gasteiger partial charge < -0.3 is 4.84 Å². The van der Waals surface area contributed by atoms with Gasteiger partial charge >= 0.3 is 5.97 Å². The van der Waals surface area contributed by atoms with Crippen molar-refractivity contribution in [3.63, 3.8) is 0 Å². The molecule has 0 heterocycles. The van der Waals surface area contributed by atoms with Crippen LogP contribution in [0.15, 0.2) is 29.2 Å². The van der Waals surface area contributed by atoms with Crippen molar-refractivity contribution < 1.29 is 18.0 Å². The summed E-state index contributed by atoms with van der Waals surface area (Å²) in [5.74, 6) is -0.622. The molecule has 6 heteroatoms. The molecule has 15 heavy (non-hydrogen) atoms. The third-order valence-electron chi connectivity index (χ3n) is 1.69. The van der Waals surface area contributed by atoms with Crippen molar-refractivity contribution in [2.24, 2.45) is 0 Å². The topological polar surface area (TPSA) is 72.5 Å². The molecule has 1 rings (SSSR count). The third kappa shape index (κ3) is 3.03. The monoisotopic (exact) mass is 229 g/mol. The van der Waals surface area contributed by atoms with E-state index >= 15 is 0 Å². The molecule has 0 aliphatic heterocycles. The van der Waals surface area contributed by atoms with E-state index in [1.807, 2.05) is 0 Å². The number of benzene rings is 1. The molecule has 0 aliphatic carbocycles. The second kappa shape index (κ2) is 4.41. The number of carbonyl (C=O) groups excluding carboxylic acids is 1. The molecular weight excluding hydrogens is 218 g/mol. The SMILES string of the molecule is CNOC(=O)c1cccc(S(C)(=O)=O)c1. The minimum absolute atomic E-state index is 0.0908. The number of hydrogen-bond donors (Lipinski definition) is 1. The zero-order valence-electron chi connectivity index (χ0n) is 8.35. The van der Waals surface area contributed by atoms with E-state index < -0.39 is 15.8 Å². The zero-order chi connectivity index (χ0) is 11.5. The minimum Gasteiger partial charge on any atom is -0.367 e. The van der Waals surface area contributed by atoms with Crippen LogP contribution in [-0.2, 0) is 14.7 Å². The highest BCUT2D eigenvalue weighted by molar-refractivity contribution is 7.90. The van der Waals surface area contributed by atoms with E-state index in [4.69, 9.17) is 0 Å². The Bertz CT molecular complexity index is 467. The average Bonchev–Trinajstić information content (AvgIpc) is 2.17. The van der Waals surface area contributed by atoms with Crippen molar-refractivity contribution in [3.8, 4) is 0 Å². The highest BCUT2D eigenvalue weighted by Crippen LogP contribution is 2.11. The van der Waals surface area contributed by atoms with Crippen LogP contribution >= 0.6 is 0 Å². The Morgan fingerprint density at radius 3 is 2.60 bits per heavy atom. The second-order valence-corrected chi connectivity index (χ2v) is 4.91. The highest BCUT2D eigenvalue weighted by atomic mass is 32.2. The lowest BCUT2D eigenvalue weighted by molar-refractivity contribution is 0.0309. The largest absolute Gasteiger partial charge is 0.367 e. The number of hydroxylamine groups is 1. The van der Waals surface area contributed by atoms with Crippen LogP contribution in [0.2, 0.25) is 0 Å². The molecule has 0 saturated carbocycles. The van der Waals surface area contributed by atoms with E-state index in [2.05, 4.69) is 10.3 Å². The number of sulfone groups is 1. The molecule has 82 valence electrons. The first-order valence-corrected chi connectivity index (χ1v) is 6.02. The minimum atomic E-state index is -3.30. The maximum Gasteiger partial charge on any atom is 0.356 e. The molecule has 0 fully saturated rings. The summed E-state index contributed by atoms with van der Waals surface area (Å²) in [5.41, 5.74) is 2.41. The van der Waals surface area contributed by atoms with Crippen molar-refractivity contribution in [3.05, 3.63) is 29.8 Å². The fourth-order valence-electron chi connectivity index (χ4n) is 1.01.